The van der Waals surface area contributed by atoms with E-state index in [-0.39, 0.29) is 16.7 Å². The van der Waals surface area contributed by atoms with Gasteiger partial charge in [0.2, 0.25) is 10.0 Å². The maximum absolute atomic E-state index is 13.6. The van der Waals surface area contributed by atoms with Crippen molar-refractivity contribution >= 4 is 38.2 Å². The number of nitrogens with zero attached hydrogens (tertiary/aromatic N) is 3. The van der Waals surface area contributed by atoms with Crippen LogP contribution in [0.5, 0.6) is 0 Å². The first-order valence-corrected chi connectivity index (χ1v) is 15.5. The highest BCUT2D eigenvalue weighted by molar-refractivity contribution is 7.89. The number of benzene rings is 1. The molecule has 1 aromatic heterocycles. The van der Waals surface area contributed by atoms with Gasteiger partial charge in [-0.2, -0.15) is 4.31 Å². The number of carbonyl (C=O) groups excluding carboxylic acids is 2. The van der Waals surface area contributed by atoms with Crippen LogP contribution in [0.15, 0.2) is 29.2 Å². The molecule has 1 atom stereocenters. The normalized spacial score (nSPS) is 21.5. The molecule has 2 amide bonds. The second kappa shape index (κ2) is 10.8. The van der Waals surface area contributed by atoms with Crippen molar-refractivity contribution < 1.29 is 18.0 Å². The van der Waals surface area contributed by atoms with E-state index >= 15 is 0 Å². The van der Waals surface area contributed by atoms with Gasteiger partial charge in [-0.15, -0.1) is 11.3 Å². The van der Waals surface area contributed by atoms with Crippen LogP contribution in [-0.4, -0.2) is 74.1 Å². The fraction of sp³-hybridized carbons (Fsp3) is 0.556. The standard InChI is InChI=1S/C27H36N4O4S2/c1-19-7-6-15-31(17-19)37(34,35)21-10-8-20(9-11-21)25(32)28-26-24(27(33)30-13-4-3-5-14-30)22-12-16-29(2)18-23(22)36-26/h8-11,19H,3-7,12-18H2,1-2H3,(H,28,32). The van der Waals surface area contributed by atoms with E-state index in [4.69, 9.17) is 0 Å². The van der Waals surface area contributed by atoms with Crippen molar-refractivity contribution in [3.63, 3.8) is 0 Å². The number of thiophene rings is 1. The maximum atomic E-state index is 13.6. The lowest BCUT2D eigenvalue weighted by Crippen LogP contribution is -2.39. The molecule has 3 aliphatic heterocycles. The highest BCUT2D eigenvalue weighted by Crippen LogP contribution is 2.38. The number of fused-ring (bicyclic) bond motifs is 1. The smallest absolute Gasteiger partial charge is 0.257 e. The van der Waals surface area contributed by atoms with Crippen LogP contribution >= 0.6 is 11.3 Å². The molecular weight excluding hydrogens is 508 g/mol. The van der Waals surface area contributed by atoms with Gasteiger partial charge in [-0.1, -0.05) is 6.92 Å². The Bertz CT molecular complexity index is 1270. The van der Waals surface area contributed by atoms with Crippen molar-refractivity contribution in [1.29, 1.82) is 0 Å². The average Bonchev–Trinajstić information content (AvgIpc) is 3.25. The van der Waals surface area contributed by atoms with Crippen LogP contribution in [-0.2, 0) is 23.0 Å². The third-order valence-corrected chi connectivity index (χ3v) is 10.7. The van der Waals surface area contributed by atoms with Gasteiger partial charge in [0.1, 0.15) is 5.00 Å². The van der Waals surface area contributed by atoms with Gasteiger partial charge in [-0.3, -0.25) is 9.59 Å². The van der Waals surface area contributed by atoms with Gasteiger partial charge >= 0.3 is 0 Å². The number of hydrogen-bond acceptors (Lipinski definition) is 6. The molecule has 5 rings (SSSR count). The zero-order valence-corrected chi connectivity index (χ0v) is 23.3. The second-order valence-electron chi connectivity index (χ2n) is 10.6. The van der Waals surface area contributed by atoms with Crippen molar-refractivity contribution in [3.05, 3.63) is 45.8 Å². The Morgan fingerprint density at radius 3 is 2.43 bits per heavy atom. The monoisotopic (exact) mass is 544 g/mol. The maximum Gasteiger partial charge on any atom is 0.257 e. The number of hydrogen-bond donors (Lipinski definition) is 1. The first kappa shape index (κ1) is 26.3. The van der Waals surface area contributed by atoms with Crippen LogP contribution < -0.4 is 5.32 Å². The molecular formula is C27H36N4O4S2. The molecule has 37 heavy (non-hydrogen) atoms. The van der Waals surface area contributed by atoms with E-state index in [0.717, 1.165) is 75.1 Å². The Labute approximate surface area is 223 Å². The summed E-state index contributed by atoms with van der Waals surface area (Å²) >= 11 is 1.48. The number of sulfonamides is 1. The molecule has 10 heteroatoms. The van der Waals surface area contributed by atoms with Crippen molar-refractivity contribution in [2.24, 2.45) is 5.92 Å². The lowest BCUT2D eigenvalue weighted by molar-refractivity contribution is 0.0724. The van der Waals surface area contributed by atoms with E-state index in [1.807, 2.05) is 4.90 Å². The molecule has 2 saturated heterocycles. The molecule has 1 aromatic carbocycles. The van der Waals surface area contributed by atoms with Gasteiger partial charge in [0.25, 0.3) is 11.8 Å². The van der Waals surface area contributed by atoms with E-state index < -0.39 is 10.0 Å². The lowest BCUT2D eigenvalue weighted by Gasteiger charge is -2.30. The summed E-state index contributed by atoms with van der Waals surface area (Å²) in [7, 11) is -1.52. The molecule has 8 nitrogen and oxygen atoms in total. The predicted molar refractivity (Wildman–Crippen MR) is 146 cm³/mol. The summed E-state index contributed by atoms with van der Waals surface area (Å²) in [5.41, 5.74) is 2.07. The third-order valence-electron chi connectivity index (χ3n) is 7.71. The predicted octanol–water partition coefficient (Wildman–Crippen LogP) is 4.04. The minimum atomic E-state index is -3.59. The fourth-order valence-corrected chi connectivity index (χ4v) is 8.48. The summed E-state index contributed by atoms with van der Waals surface area (Å²) in [5, 5.41) is 3.60. The number of likely N-dealkylation sites (tertiary alicyclic amines) is 1. The van der Waals surface area contributed by atoms with E-state index in [2.05, 4.69) is 24.2 Å². The van der Waals surface area contributed by atoms with E-state index in [1.54, 1.807) is 16.4 Å². The minimum absolute atomic E-state index is 0.00857. The van der Waals surface area contributed by atoms with Crippen LogP contribution in [0.3, 0.4) is 0 Å². The topological polar surface area (TPSA) is 90.0 Å². The van der Waals surface area contributed by atoms with Crippen LogP contribution in [0.25, 0.3) is 0 Å². The zero-order valence-electron chi connectivity index (χ0n) is 21.7. The van der Waals surface area contributed by atoms with E-state index in [1.165, 1.54) is 23.5 Å². The molecule has 2 fully saturated rings. The Morgan fingerprint density at radius 2 is 1.73 bits per heavy atom. The summed E-state index contributed by atoms with van der Waals surface area (Å²) in [6.07, 6.45) is 5.84. The Balaban J connectivity index is 1.37. The number of carbonyl (C=O) groups is 2. The van der Waals surface area contributed by atoms with Crippen molar-refractivity contribution in [3.8, 4) is 0 Å². The summed E-state index contributed by atoms with van der Waals surface area (Å²) in [6.45, 7) is 6.27. The molecule has 200 valence electrons. The number of rotatable bonds is 5. The number of anilines is 1. The van der Waals surface area contributed by atoms with Crippen LogP contribution in [0.4, 0.5) is 5.00 Å². The third kappa shape index (κ3) is 5.48. The molecule has 0 bridgehead atoms. The lowest BCUT2D eigenvalue weighted by atomic mass is 10.0. The van der Waals surface area contributed by atoms with Crippen molar-refractivity contribution in [1.82, 2.24) is 14.1 Å². The number of piperidine rings is 2. The molecule has 0 radical (unpaired) electrons. The summed E-state index contributed by atoms with van der Waals surface area (Å²) in [5.74, 6) is 0.0104. The minimum Gasteiger partial charge on any atom is -0.339 e. The Kier molecular flexibility index (Phi) is 7.72. The quantitative estimate of drug-likeness (QED) is 0.614. The average molecular weight is 545 g/mol. The summed E-state index contributed by atoms with van der Waals surface area (Å²) in [6, 6.07) is 6.14. The molecule has 4 heterocycles. The van der Waals surface area contributed by atoms with Gasteiger partial charge < -0.3 is 15.1 Å². The van der Waals surface area contributed by atoms with Gasteiger partial charge in [-0.25, -0.2) is 8.42 Å². The first-order valence-electron chi connectivity index (χ1n) is 13.3. The van der Waals surface area contributed by atoms with Gasteiger partial charge in [0.15, 0.2) is 0 Å². The molecule has 0 saturated carbocycles. The van der Waals surface area contributed by atoms with Crippen LogP contribution in [0, 0.1) is 5.92 Å². The molecule has 1 unspecified atom stereocenters. The fourth-order valence-electron chi connectivity index (χ4n) is 5.57. The van der Waals surface area contributed by atoms with Crippen molar-refractivity contribution in [2.75, 3.05) is 45.1 Å². The molecule has 0 aliphatic carbocycles. The van der Waals surface area contributed by atoms with Crippen LogP contribution in [0.1, 0.15) is 70.2 Å². The number of nitrogens with one attached hydrogen (secondary N) is 1. The summed E-state index contributed by atoms with van der Waals surface area (Å²) < 4.78 is 27.7. The van der Waals surface area contributed by atoms with Gasteiger partial charge in [0.05, 0.1) is 10.5 Å². The summed E-state index contributed by atoms with van der Waals surface area (Å²) in [4.78, 5) is 32.3. The number of likely N-dealkylation sites (N-methyl/N-ethyl adjacent to an activating group) is 1. The molecule has 3 aliphatic rings. The highest BCUT2D eigenvalue weighted by Gasteiger charge is 2.32. The Morgan fingerprint density at radius 1 is 1.00 bits per heavy atom. The van der Waals surface area contributed by atoms with E-state index in [0.29, 0.717) is 35.1 Å². The SMILES string of the molecule is CC1CCCN(S(=O)(=O)c2ccc(C(=O)Nc3sc4c(c3C(=O)N3CCCCC3)CCN(C)C4)cc2)C1. The zero-order chi connectivity index (χ0) is 26.2. The number of amides is 2. The Hall–Kier alpha value is -2.27. The second-order valence-corrected chi connectivity index (χ2v) is 13.7. The first-order chi connectivity index (χ1) is 17.7. The van der Waals surface area contributed by atoms with E-state index in [9.17, 15) is 18.0 Å². The van der Waals surface area contributed by atoms with Crippen molar-refractivity contribution in [2.45, 2.75) is 56.9 Å². The highest BCUT2D eigenvalue weighted by atomic mass is 32.2. The molecule has 1 N–H and O–H groups in total. The van der Waals surface area contributed by atoms with Gasteiger partial charge in [-0.05, 0) is 81.3 Å². The van der Waals surface area contributed by atoms with Crippen LogP contribution in [0.2, 0.25) is 0 Å². The molecule has 0 spiro atoms. The molecule has 2 aromatic rings. The van der Waals surface area contributed by atoms with Gasteiger partial charge in [0, 0.05) is 49.7 Å². The largest absolute Gasteiger partial charge is 0.339 e.